The van der Waals surface area contributed by atoms with Crippen LogP contribution in [-0.4, -0.2) is 24.1 Å². The molecule has 0 heterocycles. The van der Waals surface area contributed by atoms with E-state index in [0.717, 1.165) is 5.56 Å². The molecular weight excluding hydrogens is 473 g/mol. The maximum absolute atomic E-state index is 12.4. The van der Waals surface area contributed by atoms with Gasteiger partial charge in [-0.15, -0.1) is 0 Å². The van der Waals surface area contributed by atoms with Gasteiger partial charge in [0.2, 0.25) is 0 Å². The average molecular weight is 491 g/mol. The Morgan fingerprint density at radius 3 is 2.34 bits per heavy atom. The van der Waals surface area contributed by atoms with Crippen LogP contribution in [0.3, 0.4) is 0 Å². The summed E-state index contributed by atoms with van der Waals surface area (Å²) in [4.78, 5) is 24.4. The number of benzene rings is 3. The van der Waals surface area contributed by atoms with Crippen LogP contribution in [0.4, 0.5) is 5.69 Å². The summed E-state index contributed by atoms with van der Waals surface area (Å²) in [6, 6.07) is 18.4. The largest absolute Gasteiger partial charge is 0.482 e. The minimum absolute atomic E-state index is 0.264. The number of carbonyl (C=O) groups excluding carboxylic acids is 2. The van der Waals surface area contributed by atoms with Crippen molar-refractivity contribution in [1.82, 2.24) is 5.43 Å². The lowest BCUT2D eigenvalue weighted by Gasteiger charge is -2.09. The minimum Gasteiger partial charge on any atom is -0.482 e. The quantitative estimate of drug-likeness (QED) is 0.323. The third-order valence-electron chi connectivity index (χ3n) is 4.25. The van der Waals surface area contributed by atoms with Gasteiger partial charge in [-0.2, -0.15) is 5.10 Å². The minimum atomic E-state index is -0.456. The molecule has 0 atom stereocenters. The van der Waals surface area contributed by atoms with Crippen LogP contribution in [0.25, 0.3) is 0 Å². The lowest BCUT2D eigenvalue weighted by Crippen LogP contribution is -2.25. The lowest BCUT2D eigenvalue weighted by molar-refractivity contribution is -0.123. The Balaban J connectivity index is 1.58. The summed E-state index contributed by atoms with van der Waals surface area (Å²) in [6.45, 7) is 1.46. The van der Waals surface area contributed by atoms with Crippen molar-refractivity contribution in [2.24, 2.45) is 5.10 Å². The smallest absolute Gasteiger partial charge is 0.277 e. The summed E-state index contributed by atoms with van der Waals surface area (Å²) in [5.41, 5.74) is 4.77. The number of nitrogens with zero attached hydrogens (tertiary/aromatic N) is 1. The van der Waals surface area contributed by atoms with Gasteiger partial charge in [0.25, 0.3) is 11.8 Å². The number of halogens is 3. The molecule has 0 aliphatic heterocycles. The molecule has 3 rings (SSSR count). The molecule has 164 valence electrons. The van der Waals surface area contributed by atoms with Gasteiger partial charge in [0.05, 0.1) is 10.7 Å². The number of hydrogen-bond acceptors (Lipinski definition) is 4. The molecule has 0 fully saturated rings. The van der Waals surface area contributed by atoms with Crippen molar-refractivity contribution in [2.45, 2.75) is 6.92 Å². The topological polar surface area (TPSA) is 79.8 Å². The van der Waals surface area contributed by atoms with E-state index in [-0.39, 0.29) is 12.5 Å². The fourth-order valence-electron chi connectivity index (χ4n) is 2.61. The molecule has 0 aromatic heterocycles. The summed E-state index contributed by atoms with van der Waals surface area (Å²) < 4.78 is 5.38. The zero-order chi connectivity index (χ0) is 23.1. The van der Waals surface area contributed by atoms with E-state index in [0.29, 0.717) is 37.8 Å². The van der Waals surface area contributed by atoms with Crippen molar-refractivity contribution >= 4 is 58.0 Å². The van der Waals surface area contributed by atoms with Crippen LogP contribution in [0, 0.1) is 0 Å². The Bertz CT molecular complexity index is 1160. The van der Waals surface area contributed by atoms with E-state index < -0.39 is 5.91 Å². The van der Waals surface area contributed by atoms with Crippen LogP contribution in [0.2, 0.25) is 15.1 Å². The van der Waals surface area contributed by atoms with Crippen molar-refractivity contribution in [1.29, 1.82) is 0 Å². The lowest BCUT2D eigenvalue weighted by atomic mass is 10.1. The van der Waals surface area contributed by atoms with E-state index in [4.69, 9.17) is 39.5 Å². The molecule has 6 nitrogen and oxygen atoms in total. The fraction of sp³-hybridized carbons (Fsp3) is 0.0870. The maximum Gasteiger partial charge on any atom is 0.277 e. The molecule has 0 aliphatic carbocycles. The highest BCUT2D eigenvalue weighted by Gasteiger charge is 2.09. The fourth-order valence-corrected chi connectivity index (χ4v) is 3.19. The Kier molecular flexibility index (Phi) is 8.11. The number of hydrogen-bond donors (Lipinski definition) is 2. The third-order valence-corrected chi connectivity index (χ3v) is 5.03. The molecule has 3 aromatic carbocycles. The van der Waals surface area contributed by atoms with Gasteiger partial charge >= 0.3 is 0 Å². The first-order valence-electron chi connectivity index (χ1n) is 9.40. The van der Waals surface area contributed by atoms with Crippen molar-refractivity contribution < 1.29 is 14.3 Å². The Labute approximate surface area is 200 Å². The highest BCUT2D eigenvalue weighted by atomic mass is 35.5. The number of amides is 2. The number of carbonyl (C=O) groups is 2. The molecule has 3 aromatic rings. The zero-order valence-electron chi connectivity index (χ0n) is 16.9. The van der Waals surface area contributed by atoms with Gasteiger partial charge in [0, 0.05) is 21.3 Å². The van der Waals surface area contributed by atoms with Crippen LogP contribution in [0.5, 0.6) is 5.75 Å². The second-order valence-corrected chi connectivity index (χ2v) is 7.92. The second-order valence-electron chi connectivity index (χ2n) is 6.64. The van der Waals surface area contributed by atoms with Crippen LogP contribution in [-0.2, 0) is 4.79 Å². The summed E-state index contributed by atoms with van der Waals surface area (Å²) in [5.74, 6) is -0.377. The van der Waals surface area contributed by atoms with Crippen LogP contribution >= 0.6 is 34.8 Å². The van der Waals surface area contributed by atoms with Gasteiger partial charge in [-0.3, -0.25) is 9.59 Å². The van der Waals surface area contributed by atoms with Crippen LogP contribution in [0.15, 0.2) is 71.8 Å². The van der Waals surface area contributed by atoms with Crippen molar-refractivity contribution in [3.63, 3.8) is 0 Å². The van der Waals surface area contributed by atoms with E-state index in [1.54, 1.807) is 61.5 Å². The number of rotatable bonds is 7. The summed E-state index contributed by atoms with van der Waals surface area (Å²) in [5, 5.41) is 8.24. The number of hydrazone groups is 1. The van der Waals surface area contributed by atoms with Gasteiger partial charge in [-0.25, -0.2) is 5.43 Å². The van der Waals surface area contributed by atoms with Crippen molar-refractivity contribution in [2.75, 3.05) is 11.9 Å². The molecule has 0 aliphatic rings. The van der Waals surface area contributed by atoms with Crippen molar-refractivity contribution in [3.05, 3.63) is 92.9 Å². The Hall–Kier alpha value is -3.06. The maximum atomic E-state index is 12.4. The molecule has 0 radical (unpaired) electrons. The van der Waals surface area contributed by atoms with Gasteiger partial charge in [0.15, 0.2) is 6.61 Å². The van der Waals surface area contributed by atoms with E-state index >= 15 is 0 Å². The predicted molar refractivity (Wildman–Crippen MR) is 128 cm³/mol. The van der Waals surface area contributed by atoms with Gasteiger partial charge in [-0.05, 0) is 67.1 Å². The first-order chi connectivity index (χ1) is 15.3. The molecule has 0 bridgehead atoms. The molecule has 0 saturated carbocycles. The van der Waals surface area contributed by atoms with Crippen molar-refractivity contribution in [3.8, 4) is 5.75 Å². The SMILES string of the molecule is C/C(=N\NC(=O)COc1ccc(Cl)cc1Cl)c1cccc(NC(=O)c2ccc(Cl)cc2)c1. The molecule has 2 amide bonds. The van der Waals surface area contributed by atoms with Crippen LogP contribution in [0.1, 0.15) is 22.8 Å². The Morgan fingerprint density at radius 2 is 1.62 bits per heavy atom. The van der Waals surface area contributed by atoms with Gasteiger partial charge < -0.3 is 10.1 Å². The Morgan fingerprint density at radius 1 is 0.906 bits per heavy atom. The van der Waals surface area contributed by atoms with E-state index in [2.05, 4.69) is 15.8 Å². The zero-order valence-corrected chi connectivity index (χ0v) is 19.1. The highest BCUT2D eigenvalue weighted by Crippen LogP contribution is 2.27. The number of ether oxygens (including phenoxy) is 1. The number of anilines is 1. The standard InChI is InChI=1S/C23H18Cl3N3O3/c1-14(28-29-22(30)13-32-21-10-9-18(25)12-20(21)26)16-3-2-4-19(11-16)27-23(31)15-5-7-17(24)8-6-15/h2-12H,13H2,1H3,(H,27,31)(H,29,30)/b28-14+. The molecule has 9 heteroatoms. The van der Waals surface area contributed by atoms with E-state index in [1.807, 2.05) is 6.07 Å². The normalized spacial score (nSPS) is 11.1. The van der Waals surface area contributed by atoms with E-state index in [1.165, 1.54) is 6.07 Å². The summed E-state index contributed by atoms with van der Waals surface area (Å²) >= 11 is 17.7. The average Bonchev–Trinajstić information content (AvgIpc) is 2.77. The predicted octanol–water partition coefficient (Wildman–Crippen LogP) is 5.82. The van der Waals surface area contributed by atoms with Crippen LogP contribution < -0.4 is 15.5 Å². The molecule has 2 N–H and O–H groups in total. The number of nitrogens with one attached hydrogen (secondary N) is 2. The monoisotopic (exact) mass is 489 g/mol. The second kappa shape index (κ2) is 11.0. The molecule has 0 unspecified atom stereocenters. The highest BCUT2D eigenvalue weighted by molar-refractivity contribution is 6.35. The van der Waals surface area contributed by atoms with Gasteiger partial charge in [0.1, 0.15) is 5.75 Å². The van der Waals surface area contributed by atoms with Gasteiger partial charge in [-0.1, -0.05) is 46.9 Å². The van der Waals surface area contributed by atoms with E-state index in [9.17, 15) is 9.59 Å². The summed E-state index contributed by atoms with van der Waals surface area (Å²) in [7, 11) is 0. The molecule has 0 saturated heterocycles. The molecule has 32 heavy (non-hydrogen) atoms. The molecule has 0 spiro atoms. The third kappa shape index (κ3) is 6.72. The first-order valence-corrected chi connectivity index (χ1v) is 10.5. The molecular formula is C23H18Cl3N3O3. The first kappa shape index (κ1) is 23.6. The summed E-state index contributed by atoms with van der Waals surface area (Å²) in [6.07, 6.45) is 0.